The van der Waals surface area contributed by atoms with Gasteiger partial charge in [-0.1, -0.05) is 147 Å². The lowest BCUT2D eigenvalue weighted by Gasteiger charge is -2.31. The highest BCUT2D eigenvalue weighted by atomic mass is 32.2. The number of hydrogen-bond donors (Lipinski definition) is 1. The third kappa shape index (κ3) is 10.8. The number of benzene rings is 4. The molecule has 0 aliphatic carbocycles. The summed E-state index contributed by atoms with van der Waals surface area (Å²) in [7, 11) is 0. The summed E-state index contributed by atoms with van der Waals surface area (Å²) in [4.78, 5) is 54.8. The van der Waals surface area contributed by atoms with Crippen LogP contribution in [0.5, 0.6) is 0 Å². The SMILES string of the molecule is C=C(S/C(=C\C)c1ccc(-c2ccc(-c3cnc([C@@H]4CCCN4C(=O)Cc4ccccc4)s3)cc2)cc1)[C@@H]1CCCN1C(=O)[C@H](NC(=O)CCN(CC)CC)c1ccccc1. The molecule has 61 heavy (non-hydrogen) atoms. The predicted molar refractivity (Wildman–Crippen MR) is 252 cm³/mol. The number of rotatable bonds is 17. The van der Waals surface area contributed by atoms with Crippen LogP contribution in [0, 0.1) is 0 Å². The molecule has 3 amide bonds. The average Bonchev–Trinajstić information content (AvgIpc) is 4.11. The summed E-state index contributed by atoms with van der Waals surface area (Å²) in [5.74, 6) is -0.0508. The maximum absolute atomic E-state index is 14.3. The molecular formula is C51H57N5O3S2. The van der Waals surface area contributed by atoms with E-state index in [2.05, 4.69) is 85.3 Å². The van der Waals surface area contributed by atoms with E-state index in [1.807, 2.05) is 83.6 Å². The van der Waals surface area contributed by atoms with Gasteiger partial charge < -0.3 is 20.0 Å². The fourth-order valence-corrected chi connectivity index (χ4v) is 10.5. The zero-order chi connectivity index (χ0) is 42.7. The predicted octanol–water partition coefficient (Wildman–Crippen LogP) is 10.6. The molecule has 1 aromatic heterocycles. The first-order valence-electron chi connectivity index (χ1n) is 21.7. The molecule has 7 rings (SSSR count). The lowest BCUT2D eigenvalue weighted by Crippen LogP contribution is -2.45. The summed E-state index contributed by atoms with van der Waals surface area (Å²) >= 11 is 3.30. The van der Waals surface area contributed by atoms with Crippen molar-refractivity contribution in [1.29, 1.82) is 0 Å². The Hall–Kier alpha value is -5.29. The topological polar surface area (TPSA) is 85.9 Å². The largest absolute Gasteiger partial charge is 0.340 e. The Morgan fingerprint density at radius 1 is 0.852 bits per heavy atom. The normalized spacial score (nSPS) is 17.1. The van der Waals surface area contributed by atoms with Crippen LogP contribution in [-0.4, -0.2) is 76.2 Å². The number of likely N-dealkylation sites (tertiary alicyclic amines) is 2. The summed E-state index contributed by atoms with van der Waals surface area (Å²) in [5.41, 5.74) is 6.28. The van der Waals surface area contributed by atoms with E-state index in [4.69, 9.17) is 4.98 Å². The van der Waals surface area contributed by atoms with Crippen molar-refractivity contribution >= 4 is 45.7 Å². The minimum Gasteiger partial charge on any atom is -0.340 e. The summed E-state index contributed by atoms with van der Waals surface area (Å²) in [6, 6.07) is 35.9. The van der Waals surface area contributed by atoms with Crippen LogP contribution in [0.25, 0.3) is 26.5 Å². The molecule has 0 spiro atoms. The smallest absolute Gasteiger partial charge is 0.250 e. The molecule has 3 heterocycles. The Kier molecular flexibility index (Phi) is 15.1. The molecule has 0 saturated carbocycles. The van der Waals surface area contributed by atoms with Gasteiger partial charge >= 0.3 is 0 Å². The fraction of sp³-hybridized carbons (Fsp3) is 0.333. The van der Waals surface area contributed by atoms with Crippen molar-refractivity contribution in [2.45, 2.75) is 77.4 Å². The van der Waals surface area contributed by atoms with E-state index in [1.54, 1.807) is 23.1 Å². The molecule has 4 aromatic carbocycles. The first-order chi connectivity index (χ1) is 29.8. The van der Waals surface area contributed by atoms with Gasteiger partial charge in [0.15, 0.2) is 0 Å². The van der Waals surface area contributed by atoms with E-state index in [0.717, 1.165) is 98.4 Å². The number of aromatic nitrogens is 1. The van der Waals surface area contributed by atoms with Crippen molar-refractivity contribution in [2.24, 2.45) is 0 Å². The number of hydrogen-bond acceptors (Lipinski definition) is 7. The number of carbonyl (C=O) groups is 3. The molecule has 1 N–H and O–H groups in total. The Morgan fingerprint density at radius 2 is 1.48 bits per heavy atom. The molecule has 8 nitrogen and oxygen atoms in total. The molecule has 2 aliphatic rings. The third-order valence-electron chi connectivity index (χ3n) is 11.9. The summed E-state index contributed by atoms with van der Waals surface area (Å²) in [6.45, 7) is 14.5. The van der Waals surface area contributed by atoms with E-state index in [0.29, 0.717) is 25.9 Å². The lowest BCUT2D eigenvalue weighted by atomic mass is 10.0. The first kappa shape index (κ1) is 43.8. The van der Waals surface area contributed by atoms with E-state index < -0.39 is 6.04 Å². The highest BCUT2D eigenvalue weighted by Gasteiger charge is 2.37. The van der Waals surface area contributed by atoms with Crippen LogP contribution in [0.3, 0.4) is 0 Å². The Bertz CT molecular complexity index is 2290. The van der Waals surface area contributed by atoms with Crippen molar-refractivity contribution in [3.8, 4) is 21.6 Å². The van der Waals surface area contributed by atoms with Gasteiger partial charge in [0.2, 0.25) is 17.7 Å². The van der Waals surface area contributed by atoms with Crippen LogP contribution in [-0.2, 0) is 20.8 Å². The Morgan fingerprint density at radius 3 is 2.15 bits per heavy atom. The van der Waals surface area contributed by atoms with Crippen LogP contribution < -0.4 is 5.32 Å². The number of amides is 3. The molecule has 2 aliphatic heterocycles. The highest BCUT2D eigenvalue weighted by Crippen LogP contribution is 2.41. The van der Waals surface area contributed by atoms with Crippen molar-refractivity contribution in [1.82, 2.24) is 25.0 Å². The minimum atomic E-state index is -0.753. The number of carbonyl (C=O) groups excluding carboxylic acids is 3. The molecule has 0 unspecified atom stereocenters. The number of nitrogens with zero attached hydrogens (tertiary/aromatic N) is 4. The van der Waals surface area contributed by atoms with Gasteiger partial charge in [-0.25, -0.2) is 4.98 Å². The zero-order valence-electron chi connectivity index (χ0n) is 35.6. The second-order valence-electron chi connectivity index (χ2n) is 15.7. The number of thioether (sulfide) groups is 1. The maximum Gasteiger partial charge on any atom is 0.250 e. The molecule has 2 saturated heterocycles. The maximum atomic E-state index is 14.3. The van der Waals surface area contributed by atoms with Crippen LogP contribution in [0.2, 0.25) is 0 Å². The quantitative estimate of drug-likeness (QED) is 0.100. The molecule has 0 bridgehead atoms. The van der Waals surface area contributed by atoms with Crippen molar-refractivity contribution < 1.29 is 14.4 Å². The van der Waals surface area contributed by atoms with E-state index in [-0.39, 0.29) is 29.8 Å². The van der Waals surface area contributed by atoms with E-state index >= 15 is 0 Å². The molecular weight excluding hydrogens is 795 g/mol. The Labute approximate surface area is 369 Å². The van der Waals surface area contributed by atoms with Crippen LogP contribution in [0.4, 0.5) is 0 Å². The number of thiazole rings is 1. The average molecular weight is 852 g/mol. The number of nitrogens with one attached hydrogen (secondary N) is 1. The zero-order valence-corrected chi connectivity index (χ0v) is 37.2. The van der Waals surface area contributed by atoms with Crippen LogP contribution >= 0.6 is 23.1 Å². The third-order valence-corrected chi connectivity index (χ3v) is 14.3. The molecule has 5 aromatic rings. The molecule has 316 valence electrons. The first-order valence-corrected chi connectivity index (χ1v) is 23.3. The number of allylic oxidation sites excluding steroid dienone is 1. The minimum absolute atomic E-state index is 0.0311. The summed E-state index contributed by atoms with van der Waals surface area (Å²) in [6.07, 6.45) is 8.46. The van der Waals surface area contributed by atoms with Gasteiger partial charge in [-0.15, -0.1) is 11.3 Å². The summed E-state index contributed by atoms with van der Waals surface area (Å²) < 4.78 is 0. The van der Waals surface area contributed by atoms with Crippen molar-refractivity contribution in [2.75, 3.05) is 32.7 Å². The van der Waals surface area contributed by atoms with Gasteiger partial charge in [0, 0.05) is 42.1 Å². The van der Waals surface area contributed by atoms with Gasteiger partial charge in [-0.05, 0) is 79.1 Å². The van der Waals surface area contributed by atoms with Crippen molar-refractivity contribution in [3.63, 3.8) is 0 Å². The second kappa shape index (κ2) is 21.0. The van der Waals surface area contributed by atoms with E-state index in [1.165, 1.54) is 0 Å². The van der Waals surface area contributed by atoms with Gasteiger partial charge in [-0.3, -0.25) is 14.4 Å². The van der Waals surface area contributed by atoms with Gasteiger partial charge in [0.05, 0.1) is 23.4 Å². The molecule has 0 radical (unpaired) electrons. The van der Waals surface area contributed by atoms with Crippen LogP contribution in [0.1, 0.15) is 86.7 Å². The molecule has 10 heteroatoms. The van der Waals surface area contributed by atoms with Crippen LogP contribution in [0.15, 0.2) is 133 Å². The van der Waals surface area contributed by atoms with Gasteiger partial charge in [0.1, 0.15) is 11.0 Å². The molecule has 3 atom stereocenters. The second-order valence-corrected chi connectivity index (χ2v) is 18.0. The standard InChI is InChI=1S/C51H57N5O3S2/c1-5-45(60-36(4)43-20-14-32-56(43)51(59)49(42-18-12-9-13-19-42)53-47(57)30-33-54(6-2)7-3)40-26-22-38(23-27-40)39-24-28-41(29-25-39)46-35-52-50(61-46)44-21-15-31-55(44)48(58)34-37-16-10-8-11-17-37/h5,8-13,16-19,22-29,35,43-44,49H,4,6-7,14-15,20-21,30-34H2,1-3H3,(H,53,57)/b45-5-/t43-,44-,49+/m0/s1. The fourth-order valence-electron chi connectivity index (χ4n) is 8.41. The van der Waals surface area contributed by atoms with Crippen molar-refractivity contribution in [3.05, 3.63) is 155 Å². The monoisotopic (exact) mass is 851 g/mol. The Balaban J connectivity index is 0.970. The molecule has 2 fully saturated rings. The lowest BCUT2D eigenvalue weighted by molar-refractivity contribution is -0.136. The highest BCUT2D eigenvalue weighted by molar-refractivity contribution is 8.11. The van der Waals surface area contributed by atoms with E-state index in [9.17, 15) is 14.4 Å². The summed E-state index contributed by atoms with van der Waals surface area (Å²) in [5, 5.41) is 4.09. The van der Waals surface area contributed by atoms with Gasteiger partial charge in [-0.2, -0.15) is 0 Å². The van der Waals surface area contributed by atoms with Gasteiger partial charge in [0.25, 0.3) is 0 Å².